The fourth-order valence-corrected chi connectivity index (χ4v) is 3.92. The molecule has 6 nitrogen and oxygen atoms in total. The van der Waals surface area contributed by atoms with E-state index in [1.807, 2.05) is 17.0 Å². The van der Waals surface area contributed by atoms with Crippen LogP contribution in [0.2, 0.25) is 0 Å². The lowest BCUT2D eigenvalue weighted by atomic mass is 10.0. The summed E-state index contributed by atoms with van der Waals surface area (Å²) in [6.45, 7) is 3.58. The van der Waals surface area contributed by atoms with Crippen molar-refractivity contribution in [3.8, 4) is 11.5 Å². The molecule has 1 amide bonds. The number of likely N-dealkylation sites (N-methyl/N-ethyl adjacent to an activating group) is 1. The van der Waals surface area contributed by atoms with E-state index < -0.39 is 0 Å². The van der Waals surface area contributed by atoms with Crippen LogP contribution >= 0.6 is 0 Å². The number of rotatable bonds is 9. The van der Waals surface area contributed by atoms with E-state index in [4.69, 9.17) is 9.47 Å². The van der Waals surface area contributed by atoms with E-state index in [9.17, 15) is 4.79 Å². The maximum atomic E-state index is 12.8. The van der Waals surface area contributed by atoms with Crippen LogP contribution in [0.1, 0.15) is 23.1 Å². The molecule has 0 radical (unpaired) electrons. The number of carbonyl (C=O) groups is 1. The second kappa shape index (κ2) is 9.83. The molecule has 1 aromatic heterocycles. The molecular formula is C23H33N3O3. The summed E-state index contributed by atoms with van der Waals surface area (Å²) >= 11 is 0. The smallest absolute Gasteiger partial charge is 0.227 e. The number of aryl methyl sites for hydroxylation is 1. The van der Waals surface area contributed by atoms with Gasteiger partial charge in [-0.25, -0.2) is 0 Å². The highest BCUT2D eigenvalue weighted by molar-refractivity contribution is 5.80. The minimum Gasteiger partial charge on any atom is -0.493 e. The molecule has 0 bridgehead atoms. The normalized spacial score (nSPS) is 14.1. The molecule has 2 heterocycles. The predicted octanol–water partition coefficient (Wildman–Crippen LogP) is 2.53. The van der Waals surface area contributed by atoms with Gasteiger partial charge in [-0.3, -0.25) is 4.79 Å². The quantitative estimate of drug-likeness (QED) is 0.650. The Balaban J connectivity index is 1.48. The molecule has 0 saturated carbocycles. The van der Waals surface area contributed by atoms with Crippen LogP contribution in [0.25, 0.3) is 0 Å². The third-order valence-electron chi connectivity index (χ3n) is 5.69. The van der Waals surface area contributed by atoms with Crippen LogP contribution in [-0.4, -0.2) is 67.7 Å². The first-order chi connectivity index (χ1) is 14.0. The molecule has 0 atom stereocenters. The highest BCUT2D eigenvalue weighted by atomic mass is 16.5. The molecule has 158 valence electrons. The zero-order valence-electron chi connectivity index (χ0n) is 18.1. The summed E-state index contributed by atoms with van der Waals surface area (Å²) in [5.41, 5.74) is 3.60. The lowest BCUT2D eigenvalue weighted by Gasteiger charge is -2.22. The summed E-state index contributed by atoms with van der Waals surface area (Å²) < 4.78 is 12.9. The number of aromatic nitrogens is 1. The van der Waals surface area contributed by atoms with Crippen LogP contribution in [0.15, 0.2) is 30.6 Å². The largest absolute Gasteiger partial charge is 0.493 e. The third-order valence-corrected chi connectivity index (χ3v) is 5.69. The molecule has 6 heteroatoms. The van der Waals surface area contributed by atoms with Gasteiger partial charge in [0, 0.05) is 39.1 Å². The molecule has 0 N–H and O–H groups in total. The Hall–Kier alpha value is -2.47. The predicted molar refractivity (Wildman–Crippen MR) is 115 cm³/mol. The van der Waals surface area contributed by atoms with E-state index in [0.29, 0.717) is 12.2 Å². The minimum absolute atomic E-state index is 0.197. The molecule has 1 aliphatic heterocycles. The van der Waals surface area contributed by atoms with Crippen molar-refractivity contribution in [1.82, 2.24) is 14.4 Å². The van der Waals surface area contributed by atoms with Gasteiger partial charge in [0.15, 0.2) is 11.5 Å². The number of fused-ring (bicyclic) bond motifs is 1. The van der Waals surface area contributed by atoms with Gasteiger partial charge in [-0.1, -0.05) is 0 Å². The van der Waals surface area contributed by atoms with Crippen LogP contribution in [-0.2, 0) is 31.1 Å². The number of nitrogens with zero attached hydrogens (tertiary/aromatic N) is 3. The second-order valence-corrected chi connectivity index (χ2v) is 7.88. The molecule has 0 spiro atoms. The van der Waals surface area contributed by atoms with E-state index in [2.05, 4.69) is 42.0 Å². The van der Waals surface area contributed by atoms with Crippen molar-refractivity contribution in [2.45, 2.75) is 25.7 Å². The Morgan fingerprint density at radius 3 is 2.48 bits per heavy atom. The number of hydrogen-bond donors (Lipinski definition) is 0. The minimum atomic E-state index is 0.197. The Morgan fingerprint density at radius 2 is 1.83 bits per heavy atom. The van der Waals surface area contributed by atoms with Crippen molar-refractivity contribution in [3.63, 3.8) is 0 Å². The molecule has 0 aliphatic carbocycles. The monoisotopic (exact) mass is 399 g/mol. The van der Waals surface area contributed by atoms with Crippen molar-refractivity contribution >= 4 is 5.91 Å². The highest BCUT2D eigenvalue weighted by Crippen LogP contribution is 2.32. The van der Waals surface area contributed by atoms with E-state index in [-0.39, 0.29) is 5.91 Å². The SMILES string of the molecule is COc1cc2c(cc1OC)CC(=O)N(CCCN(C)CCc1ccn(C)c1)CC2. The summed E-state index contributed by atoms with van der Waals surface area (Å²) in [5, 5.41) is 0. The van der Waals surface area contributed by atoms with Crippen LogP contribution < -0.4 is 9.47 Å². The number of methoxy groups -OCH3 is 2. The number of hydrogen-bond acceptors (Lipinski definition) is 4. The number of benzene rings is 1. The molecule has 3 rings (SSSR count). The van der Waals surface area contributed by atoms with Gasteiger partial charge in [0.1, 0.15) is 0 Å². The molecular weight excluding hydrogens is 366 g/mol. The van der Waals surface area contributed by atoms with Crippen LogP contribution in [0.4, 0.5) is 0 Å². The first kappa shape index (κ1) is 21.2. The van der Waals surface area contributed by atoms with E-state index in [1.165, 1.54) is 11.1 Å². The Bertz CT molecular complexity index is 831. The van der Waals surface area contributed by atoms with Crippen molar-refractivity contribution in [1.29, 1.82) is 0 Å². The van der Waals surface area contributed by atoms with Crippen molar-refractivity contribution in [2.75, 3.05) is 47.4 Å². The summed E-state index contributed by atoms with van der Waals surface area (Å²) in [6, 6.07) is 6.14. The Morgan fingerprint density at radius 1 is 1.10 bits per heavy atom. The van der Waals surface area contributed by atoms with Gasteiger partial charge >= 0.3 is 0 Å². The number of amides is 1. The fraction of sp³-hybridized carbons (Fsp3) is 0.522. The lowest BCUT2D eigenvalue weighted by molar-refractivity contribution is -0.130. The molecule has 0 fully saturated rings. The molecule has 1 aromatic carbocycles. The highest BCUT2D eigenvalue weighted by Gasteiger charge is 2.22. The van der Waals surface area contributed by atoms with Crippen LogP contribution in [0.5, 0.6) is 11.5 Å². The summed E-state index contributed by atoms with van der Waals surface area (Å²) in [6.07, 6.45) is 7.58. The van der Waals surface area contributed by atoms with E-state index in [1.54, 1.807) is 14.2 Å². The first-order valence-electron chi connectivity index (χ1n) is 10.3. The van der Waals surface area contributed by atoms with Gasteiger partial charge in [-0.15, -0.1) is 0 Å². The van der Waals surface area contributed by atoms with Gasteiger partial charge in [-0.05, 0) is 67.7 Å². The average Bonchev–Trinajstić information content (AvgIpc) is 3.07. The van der Waals surface area contributed by atoms with E-state index >= 15 is 0 Å². The average molecular weight is 400 g/mol. The number of carbonyl (C=O) groups excluding carboxylic acids is 1. The van der Waals surface area contributed by atoms with Crippen molar-refractivity contribution in [2.24, 2.45) is 7.05 Å². The van der Waals surface area contributed by atoms with Crippen molar-refractivity contribution in [3.05, 3.63) is 47.3 Å². The van der Waals surface area contributed by atoms with Crippen molar-refractivity contribution < 1.29 is 14.3 Å². The Labute approximate surface area is 174 Å². The van der Waals surface area contributed by atoms with Gasteiger partial charge < -0.3 is 23.8 Å². The van der Waals surface area contributed by atoms with Crippen LogP contribution in [0, 0.1) is 0 Å². The van der Waals surface area contributed by atoms with Gasteiger partial charge in [0.2, 0.25) is 5.91 Å². The topological polar surface area (TPSA) is 46.9 Å². The zero-order chi connectivity index (χ0) is 20.8. The Kier molecular flexibility index (Phi) is 7.20. The van der Waals surface area contributed by atoms with Gasteiger partial charge in [0.25, 0.3) is 0 Å². The molecule has 0 unspecified atom stereocenters. The van der Waals surface area contributed by atoms with Crippen LogP contribution in [0.3, 0.4) is 0 Å². The zero-order valence-corrected chi connectivity index (χ0v) is 18.1. The molecule has 1 aliphatic rings. The summed E-state index contributed by atoms with van der Waals surface area (Å²) in [7, 11) is 7.48. The number of ether oxygens (including phenoxy) is 2. The molecule has 0 saturated heterocycles. The van der Waals surface area contributed by atoms with Gasteiger partial charge in [-0.2, -0.15) is 0 Å². The lowest BCUT2D eigenvalue weighted by Crippen LogP contribution is -2.35. The summed E-state index contributed by atoms with van der Waals surface area (Å²) in [4.78, 5) is 17.1. The second-order valence-electron chi connectivity index (χ2n) is 7.88. The van der Waals surface area contributed by atoms with E-state index in [0.717, 1.165) is 56.8 Å². The fourth-order valence-electron chi connectivity index (χ4n) is 3.92. The maximum Gasteiger partial charge on any atom is 0.227 e. The first-order valence-corrected chi connectivity index (χ1v) is 10.3. The standard InChI is InChI=1S/C23H33N3O3/c1-24(11-6-18-7-12-25(2)17-18)9-5-10-26-13-8-19-14-21(28-3)22(29-4)15-20(19)16-23(26)27/h7,12,14-15,17H,5-6,8-11,13,16H2,1-4H3. The van der Waals surface area contributed by atoms with Gasteiger partial charge in [0.05, 0.1) is 20.6 Å². The summed E-state index contributed by atoms with van der Waals surface area (Å²) in [5.74, 6) is 1.61. The third kappa shape index (κ3) is 5.54. The maximum absolute atomic E-state index is 12.8. The molecule has 2 aromatic rings. The molecule has 29 heavy (non-hydrogen) atoms.